The van der Waals surface area contributed by atoms with Crippen LogP contribution in [0.3, 0.4) is 0 Å². The topological polar surface area (TPSA) is 18.5 Å². The summed E-state index contributed by atoms with van der Waals surface area (Å²) in [6.07, 6.45) is 0. The van der Waals surface area contributed by atoms with Gasteiger partial charge in [0.25, 0.3) is 8.32 Å². The average Bonchev–Trinajstić information content (AvgIpc) is 2.19. The summed E-state index contributed by atoms with van der Waals surface area (Å²) in [4.78, 5) is 0. The maximum atomic E-state index is 6.23. The fourth-order valence-corrected chi connectivity index (χ4v) is 2.74. The number of methoxy groups -OCH3 is 1. The molecular weight excluding hydrogens is 296 g/mol. The van der Waals surface area contributed by atoms with Crippen LogP contribution in [0.15, 0.2) is 22.7 Å². The van der Waals surface area contributed by atoms with Crippen LogP contribution in [-0.4, -0.2) is 15.4 Å². The highest BCUT2D eigenvalue weighted by Crippen LogP contribution is 2.39. The second-order valence-corrected chi connectivity index (χ2v) is 11.2. The van der Waals surface area contributed by atoms with Gasteiger partial charge in [-0.15, -0.1) is 0 Å². The summed E-state index contributed by atoms with van der Waals surface area (Å²) in [6.45, 7) is 11.2. The van der Waals surface area contributed by atoms with E-state index in [4.69, 9.17) is 9.16 Å². The lowest BCUT2D eigenvalue weighted by Gasteiger charge is -2.36. The molecule has 4 heteroatoms. The summed E-state index contributed by atoms with van der Waals surface area (Å²) in [7, 11) is -0.113. The van der Waals surface area contributed by atoms with Gasteiger partial charge in [0.2, 0.25) is 0 Å². The Kier molecular flexibility index (Phi) is 4.31. The molecule has 17 heavy (non-hydrogen) atoms. The van der Waals surface area contributed by atoms with Crippen LogP contribution in [0, 0.1) is 0 Å². The molecular formula is C13H21BrO2Si. The molecule has 96 valence electrons. The van der Waals surface area contributed by atoms with Gasteiger partial charge < -0.3 is 9.16 Å². The van der Waals surface area contributed by atoms with Gasteiger partial charge in [-0.25, -0.2) is 0 Å². The lowest BCUT2D eigenvalue weighted by Crippen LogP contribution is -2.43. The van der Waals surface area contributed by atoms with Gasteiger partial charge in [0.1, 0.15) is 11.5 Å². The molecule has 1 aromatic rings. The van der Waals surface area contributed by atoms with Gasteiger partial charge in [0.05, 0.1) is 11.6 Å². The summed E-state index contributed by atoms with van der Waals surface area (Å²) in [5, 5.41) is 0.201. The summed E-state index contributed by atoms with van der Waals surface area (Å²) in [6, 6.07) is 5.82. The van der Waals surface area contributed by atoms with Crippen LogP contribution in [0.2, 0.25) is 18.1 Å². The second kappa shape index (κ2) is 5.02. The molecule has 0 bridgehead atoms. The van der Waals surface area contributed by atoms with Gasteiger partial charge in [0.15, 0.2) is 0 Å². The Morgan fingerprint density at radius 3 is 2.18 bits per heavy atom. The molecule has 2 nitrogen and oxygen atoms in total. The van der Waals surface area contributed by atoms with E-state index in [0.29, 0.717) is 0 Å². The van der Waals surface area contributed by atoms with E-state index in [1.165, 1.54) is 0 Å². The number of benzene rings is 1. The standard InChI is InChI=1S/C13H21BrO2Si/c1-13(2,3)17(5,6)16-12-8-7-10(15-4)9-11(12)14/h7-9H,1-6H3. The van der Waals surface area contributed by atoms with Crippen molar-refractivity contribution in [1.29, 1.82) is 0 Å². The van der Waals surface area contributed by atoms with Gasteiger partial charge in [0, 0.05) is 0 Å². The fourth-order valence-electron chi connectivity index (χ4n) is 1.12. The Hall–Kier alpha value is -0.483. The SMILES string of the molecule is COc1ccc(O[Si](C)(C)C(C)(C)C)c(Br)c1. The second-order valence-electron chi connectivity index (χ2n) is 5.66. The highest BCUT2D eigenvalue weighted by molar-refractivity contribution is 9.10. The maximum absolute atomic E-state index is 6.23. The van der Waals surface area contributed by atoms with E-state index in [1.807, 2.05) is 18.2 Å². The Balaban J connectivity index is 2.96. The van der Waals surface area contributed by atoms with Crippen LogP contribution in [0.1, 0.15) is 20.8 Å². The third-order valence-electron chi connectivity index (χ3n) is 3.31. The predicted octanol–water partition coefficient (Wildman–Crippen LogP) is 4.84. The predicted molar refractivity (Wildman–Crippen MR) is 78.5 cm³/mol. The highest BCUT2D eigenvalue weighted by Gasteiger charge is 2.39. The van der Waals surface area contributed by atoms with Crippen molar-refractivity contribution in [3.63, 3.8) is 0 Å². The molecule has 0 saturated heterocycles. The van der Waals surface area contributed by atoms with Crippen LogP contribution in [0.25, 0.3) is 0 Å². The molecule has 0 aromatic heterocycles. The lowest BCUT2D eigenvalue weighted by molar-refractivity contribution is 0.413. The van der Waals surface area contributed by atoms with E-state index in [1.54, 1.807) is 7.11 Å². The molecule has 0 unspecified atom stereocenters. The fraction of sp³-hybridized carbons (Fsp3) is 0.538. The lowest BCUT2D eigenvalue weighted by atomic mass is 10.2. The highest BCUT2D eigenvalue weighted by atomic mass is 79.9. The minimum absolute atomic E-state index is 0.201. The molecule has 0 aliphatic heterocycles. The number of rotatable bonds is 3. The van der Waals surface area contributed by atoms with Crippen LogP contribution in [0.4, 0.5) is 0 Å². The van der Waals surface area contributed by atoms with Crippen molar-refractivity contribution in [2.45, 2.75) is 38.9 Å². The first-order chi connectivity index (χ1) is 7.67. The molecule has 0 radical (unpaired) electrons. The van der Waals surface area contributed by atoms with Gasteiger partial charge in [-0.2, -0.15) is 0 Å². The third kappa shape index (κ3) is 3.49. The van der Waals surface area contributed by atoms with Crippen LogP contribution >= 0.6 is 15.9 Å². The molecule has 0 heterocycles. The van der Waals surface area contributed by atoms with Crippen molar-refractivity contribution in [1.82, 2.24) is 0 Å². The van der Waals surface area contributed by atoms with Crippen LogP contribution in [0.5, 0.6) is 11.5 Å². The van der Waals surface area contributed by atoms with Crippen LogP contribution < -0.4 is 9.16 Å². The maximum Gasteiger partial charge on any atom is 0.250 e. The monoisotopic (exact) mass is 316 g/mol. The Morgan fingerprint density at radius 2 is 1.76 bits per heavy atom. The zero-order valence-electron chi connectivity index (χ0n) is 11.4. The van der Waals surface area contributed by atoms with Gasteiger partial charge in [-0.3, -0.25) is 0 Å². The Bertz CT molecular complexity index is 397. The molecule has 0 atom stereocenters. The van der Waals surface area contributed by atoms with E-state index in [-0.39, 0.29) is 5.04 Å². The molecule has 1 aromatic carbocycles. The summed E-state index contributed by atoms with van der Waals surface area (Å²) in [5.74, 6) is 1.73. The third-order valence-corrected chi connectivity index (χ3v) is 8.27. The van der Waals surface area contributed by atoms with E-state index in [9.17, 15) is 0 Å². The minimum atomic E-state index is -1.78. The van der Waals surface area contributed by atoms with E-state index < -0.39 is 8.32 Å². The first-order valence-electron chi connectivity index (χ1n) is 5.70. The van der Waals surface area contributed by atoms with Crippen molar-refractivity contribution >= 4 is 24.2 Å². The Labute approximate surface area is 114 Å². The Morgan fingerprint density at radius 1 is 1.18 bits per heavy atom. The van der Waals surface area contributed by atoms with Gasteiger partial charge >= 0.3 is 0 Å². The van der Waals surface area contributed by atoms with Gasteiger partial charge in [-0.05, 0) is 52.3 Å². The molecule has 0 N–H and O–H groups in total. The van der Waals surface area contributed by atoms with E-state index in [2.05, 4.69) is 49.8 Å². The molecule has 0 spiro atoms. The molecule has 0 aliphatic carbocycles. The average molecular weight is 317 g/mol. The van der Waals surface area contributed by atoms with Gasteiger partial charge in [-0.1, -0.05) is 20.8 Å². The first-order valence-corrected chi connectivity index (χ1v) is 9.40. The van der Waals surface area contributed by atoms with Crippen molar-refractivity contribution in [2.24, 2.45) is 0 Å². The summed E-state index contributed by atoms with van der Waals surface area (Å²) < 4.78 is 12.4. The largest absolute Gasteiger partial charge is 0.543 e. The number of hydrogen-bond acceptors (Lipinski definition) is 2. The summed E-state index contributed by atoms with van der Waals surface area (Å²) >= 11 is 3.52. The molecule has 0 saturated carbocycles. The van der Waals surface area contributed by atoms with Crippen LogP contribution in [-0.2, 0) is 0 Å². The molecule has 0 fully saturated rings. The molecule has 0 aliphatic rings. The summed E-state index contributed by atoms with van der Waals surface area (Å²) in [5.41, 5.74) is 0. The number of halogens is 1. The van der Waals surface area contributed by atoms with E-state index in [0.717, 1.165) is 16.0 Å². The zero-order chi connectivity index (χ0) is 13.3. The van der Waals surface area contributed by atoms with Crippen molar-refractivity contribution in [2.75, 3.05) is 7.11 Å². The van der Waals surface area contributed by atoms with Crippen molar-refractivity contribution in [3.05, 3.63) is 22.7 Å². The quantitative estimate of drug-likeness (QED) is 0.743. The molecule has 0 amide bonds. The first kappa shape index (κ1) is 14.6. The number of hydrogen-bond donors (Lipinski definition) is 0. The van der Waals surface area contributed by atoms with E-state index >= 15 is 0 Å². The molecule has 1 rings (SSSR count). The van der Waals surface area contributed by atoms with Crippen molar-refractivity contribution < 1.29 is 9.16 Å². The van der Waals surface area contributed by atoms with Crippen molar-refractivity contribution in [3.8, 4) is 11.5 Å². The number of ether oxygens (including phenoxy) is 1. The normalized spacial score (nSPS) is 12.4. The smallest absolute Gasteiger partial charge is 0.250 e. The zero-order valence-corrected chi connectivity index (χ0v) is 14.0. The minimum Gasteiger partial charge on any atom is -0.543 e.